The van der Waals surface area contributed by atoms with Crippen molar-refractivity contribution in [3.8, 4) is 11.5 Å². The summed E-state index contributed by atoms with van der Waals surface area (Å²) in [5.74, 6) is 1.34. The number of alkyl carbamates (subject to hydrolysis) is 1. The summed E-state index contributed by atoms with van der Waals surface area (Å²) < 4.78 is 11.0. The van der Waals surface area contributed by atoms with E-state index in [-0.39, 0.29) is 12.1 Å². The molecule has 1 aliphatic carbocycles. The first-order valence-electron chi connectivity index (χ1n) is 11.2. The Bertz CT molecular complexity index is 906. The summed E-state index contributed by atoms with van der Waals surface area (Å²) in [6.07, 6.45) is 5.02. The number of nitrogens with one attached hydrogen (secondary N) is 3. The Morgan fingerprint density at radius 2 is 1.75 bits per heavy atom. The van der Waals surface area contributed by atoms with Gasteiger partial charge in [-0.2, -0.15) is 0 Å². The number of aryl methyl sites for hydroxylation is 1. The summed E-state index contributed by atoms with van der Waals surface area (Å²) in [7, 11) is 1.76. The van der Waals surface area contributed by atoms with Gasteiger partial charge in [0.2, 0.25) is 5.89 Å². The van der Waals surface area contributed by atoms with Crippen molar-refractivity contribution in [1.82, 2.24) is 20.9 Å². The zero-order valence-electron chi connectivity index (χ0n) is 19.7. The van der Waals surface area contributed by atoms with Crippen LogP contribution in [0.2, 0.25) is 0 Å². The molecule has 8 heteroatoms. The van der Waals surface area contributed by atoms with Crippen molar-refractivity contribution >= 4 is 12.1 Å². The Balaban J connectivity index is 1.42. The molecule has 0 unspecified atom stereocenters. The van der Waals surface area contributed by atoms with Crippen LogP contribution in [0, 0.1) is 6.92 Å². The number of benzene rings is 1. The van der Waals surface area contributed by atoms with Crippen LogP contribution in [0.1, 0.15) is 57.7 Å². The first kappa shape index (κ1) is 23.6. The summed E-state index contributed by atoms with van der Waals surface area (Å²) >= 11 is 0. The summed E-state index contributed by atoms with van der Waals surface area (Å²) in [6.45, 7) is 8.18. The van der Waals surface area contributed by atoms with E-state index in [1.807, 2.05) is 45.0 Å². The normalized spacial score (nSPS) is 19.3. The van der Waals surface area contributed by atoms with Gasteiger partial charge in [0, 0.05) is 24.7 Å². The topological polar surface area (TPSA) is 101 Å². The monoisotopic (exact) mass is 441 g/mol. The molecule has 174 valence electrons. The average Bonchev–Trinajstić information content (AvgIpc) is 3.20. The molecule has 1 aromatic heterocycles. The first-order valence-corrected chi connectivity index (χ1v) is 11.2. The standard InChI is InChI=1S/C24H35N5O3/c1-16-6-8-17(9-7-16)21-27-20(15-31-21)14-26-22(25-5)28-18-10-12-19(13-11-18)29-23(30)32-24(2,3)4/h6-9,15,18-19H,10-14H2,1-5H3,(H,29,30)(H2,25,26,28). The van der Waals surface area contributed by atoms with Crippen LogP contribution in [-0.4, -0.2) is 41.8 Å². The maximum Gasteiger partial charge on any atom is 0.407 e. The molecule has 1 aromatic carbocycles. The van der Waals surface area contributed by atoms with Crippen molar-refractivity contribution in [3.05, 3.63) is 41.8 Å². The van der Waals surface area contributed by atoms with Gasteiger partial charge in [0.1, 0.15) is 11.9 Å². The van der Waals surface area contributed by atoms with Gasteiger partial charge in [0.05, 0.1) is 12.2 Å². The second-order valence-electron chi connectivity index (χ2n) is 9.27. The summed E-state index contributed by atoms with van der Waals surface area (Å²) in [5.41, 5.74) is 2.49. The van der Waals surface area contributed by atoms with Gasteiger partial charge in [-0.15, -0.1) is 0 Å². The van der Waals surface area contributed by atoms with E-state index in [0.29, 0.717) is 18.5 Å². The van der Waals surface area contributed by atoms with Crippen molar-refractivity contribution in [1.29, 1.82) is 0 Å². The Morgan fingerprint density at radius 1 is 1.12 bits per heavy atom. The van der Waals surface area contributed by atoms with E-state index in [4.69, 9.17) is 9.15 Å². The largest absolute Gasteiger partial charge is 0.444 e. The summed E-state index contributed by atoms with van der Waals surface area (Å²) in [6, 6.07) is 8.55. The predicted molar refractivity (Wildman–Crippen MR) is 125 cm³/mol. The molecule has 0 atom stereocenters. The number of carbonyl (C=O) groups excluding carboxylic acids is 1. The lowest BCUT2D eigenvalue weighted by molar-refractivity contribution is 0.0490. The van der Waals surface area contributed by atoms with E-state index in [9.17, 15) is 4.79 Å². The van der Waals surface area contributed by atoms with Gasteiger partial charge in [-0.3, -0.25) is 4.99 Å². The number of hydrogen-bond donors (Lipinski definition) is 3. The third kappa shape index (κ3) is 7.28. The molecule has 0 bridgehead atoms. The van der Waals surface area contributed by atoms with Crippen molar-refractivity contribution < 1.29 is 13.9 Å². The third-order valence-corrected chi connectivity index (χ3v) is 5.30. The molecule has 0 spiro atoms. The van der Waals surface area contributed by atoms with E-state index in [1.165, 1.54) is 5.56 Å². The van der Waals surface area contributed by atoms with Crippen molar-refractivity contribution in [3.63, 3.8) is 0 Å². The third-order valence-electron chi connectivity index (χ3n) is 5.30. The lowest BCUT2D eigenvalue weighted by atomic mass is 9.91. The lowest BCUT2D eigenvalue weighted by Gasteiger charge is -2.31. The maximum absolute atomic E-state index is 12.0. The molecule has 1 fully saturated rings. The maximum atomic E-state index is 12.0. The lowest BCUT2D eigenvalue weighted by Crippen LogP contribution is -2.47. The van der Waals surface area contributed by atoms with Crippen molar-refractivity contribution in [2.75, 3.05) is 7.05 Å². The number of aliphatic imine (C=N–C) groups is 1. The first-order chi connectivity index (χ1) is 15.2. The summed E-state index contributed by atoms with van der Waals surface area (Å²) in [5, 5.41) is 9.75. The van der Waals surface area contributed by atoms with Crippen LogP contribution in [0.4, 0.5) is 4.79 Å². The molecule has 0 aliphatic heterocycles. The zero-order chi connectivity index (χ0) is 23.1. The number of amides is 1. The summed E-state index contributed by atoms with van der Waals surface area (Å²) in [4.78, 5) is 20.9. The van der Waals surface area contributed by atoms with Crippen LogP contribution >= 0.6 is 0 Å². The van der Waals surface area contributed by atoms with Crippen LogP contribution in [0.15, 0.2) is 39.9 Å². The SMILES string of the molecule is CN=C(NCc1coc(-c2ccc(C)cc2)n1)NC1CCC(NC(=O)OC(C)(C)C)CC1. The minimum atomic E-state index is -0.480. The van der Waals surface area contributed by atoms with Crippen LogP contribution < -0.4 is 16.0 Å². The highest BCUT2D eigenvalue weighted by molar-refractivity contribution is 5.79. The fraction of sp³-hybridized carbons (Fsp3) is 0.542. The van der Waals surface area contributed by atoms with Gasteiger partial charge < -0.3 is 25.1 Å². The van der Waals surface area contributed by atoms with Crippen LogP contribution in [0.5, 0.6) is 0 Å². The van der Waals surface area contributed by atoms with Gasteiger partial charge in [-0.1, -0.05) is 17.7 Å². The molecule has 1 amide bonds. The predicted octanol–water partition coefficient (Wildman–Crippen LogP) is 4.15. The van der Waals surface area contributed by atoms with E-state index in [1.54, 1.807) is 13.3 Å². The van der Waals surface area contributed by atoms with Gasteiger partial charge >= 0.3 is 6.09 Å². The van der Waals surface area contributed by atoms with E-state index < -0.39 is 5.60 Å². The molecule has 8 nitrogen and oxygen atoms in total. The Kier molecular flexibility index (Phi) is 7.77. The minimum Gasteiger partial charge on any atom is -0.444 e. The second-order valence-corrected chi connectivity index (χ2v) is 9.27. The molecular weight excluding hydrogens is 406 g/mol. The molecule has 1 saturated carbocycles. The molecular formula is C24H35N5O3. The van der Waals surface area contributed by atoms with Gasteiger partial charge in [-0.05, 0) is 65.5 Å². The smallest absolute Gasteiger partial charge is 0.407 e. The van der Waals surface area contributed by atoms with Crippen LogP contribution in [0.3, 0.4) is 0 Å². The molecule has 1 heterocycles. The minimum absolute atomic E-state index is 0.146. The van der Waals surface area contributed by atoms with Gasteiger partial charge in [0.15, 0.2) is 5.96 Å². The van der Waals surface area contributed by atoms with Crippen LogP contribution in [-0.2, 0) is 11.3 Å². The van der Waals surface area contributed by atoms with Crippen LogP contribution in [0.25, 0.3) is 11.5 Å². The average molecular weight is 442 g/mol. The van der Waals surface area contributed by atoms with E-state index in [2.05, 4.69) is 32.9 Å². The van der Waals surface area contributed by atoms with Gasteiger partial charge in [-0.25, -0.2) is 9.78 Å². The van der Waals surface area contributed by atoms with E-state index >= 15 is 0 Å². The molecule has 32 heavy (non-hydrogen) atoms. The van der Waals surface area contributed by atoms with E-state index in [0.717, 1.165) is 42.9 Å². The number of rotatable bonds is 5. The highest BCUT2D eigenvalue weighted by Crippen LogP contribution is 2.20. The number of carbonyl (C=O) groups is 1. The number of ether oxygens (including phenoxy) is 1. The number of guanidine groups is 1. The van der Waals surface area contributed by atoms with Gasteiger partial charge in [0.25, 0.3) is 0 Å². The molecule has 0 saturated heterocycles. The zero-order valence-corrected chi connectivity index (χ0v) is 19.7. The molecule has 1 aliphatic rings. The molecule has 3 rings (SSSR count). The molecule has 0 radical (unpaired) electrons. The highest BCUT2D eigenvalue weighted by atomic mass is 16.6. The Labute approximate surface area is 190 Å². The Morgan fingerprint density at radius 3 is 2.34 bits per heavy atom. The quantitative estimate of drug-likeness (QED) is 0.476. The number of hydrogen-bond acceptors (Lipinski definition) is 5. The fourth-order valence-corrected chi connectivity index (χ4v) is 3.64. The molecule has 3 N–H and O–H groups in total. The number of nitrogens with zero attached hydrogens (tertiary/aromatic N) is 2. The highest BCUT2D eigenvalue weighted by Gasteiger charge is 2.25. The van der Waals surface area contributed by atoms with Crippen molar-refractivity contribution in [2.24, 2.45) is 4.99 Å². The second kappa shape index (κ2) is 10.5. The Hall–Kier alpha value is -3.03. The fourth-order valence-electron chi connectivity index (χ4n) is 3.64. The van der Waals surface area contributed by atoms with Crippen molar-refractivity contribution in [2.45, 2.75) is 77.6 Å². The number of oxazole rings is 1. The number of aromatic nitrogens is 1. The molecule has 2 aromatic rings.